The zero-order chi connectivity index (χ0) is 31.2. The van der Waals surface area contributed by atoms with Crippen LogP contribution in [0.5, 0.6) is 5.88 Å². The van der Waals surface area contributed by atoms with E-state index in [1.54, 1.807) is 12.0 Å². The Morgan fingerprint density at radius 1 is 0.976 bits per heavy atom. The molecule has 1 fully saturated rings. The normalized spacial score (nSPS) is 16.0. The summed E-state index contributed by atoms with van der Waals surface area (Å²) >= 11 is 0. The second kappa shape index (κ2) is 13.2. The smallest absolute Gasteiger partial charge is 0.481 e. The van der Waals surface area contributed by atoms with Crippen LogP contribution in [0.15, 0.2) is 24.5 Å². The zero-order valence-corrected chi connectivity index (χ0v) is 22.3. The highest BCUT2D eigenvalue weighted by Crippen LogP contribution is 2.43. The first-order valence-corrected chi connectivity index (χ1v) is 12.0. The van der Waals surface area contributed by atoms with Crippen LogP contribution < -0.4 is 4.74 Å². The standard InChI is InChI=1S/C20H27N5O2.2C2HF3O2/c1-23(2)19(26)13-24-8-6-20(7-9-24)10-17-21-12-16(25(17)14-20)15-4-5-18(27-3)22-11-15;2*3-2(4,5)1(6)7/h4-5,11-12H,6-10,13-14H2,1-3H3;2*(H,6,7). The SMILES string of the molecule is COc1ccc(-c2cnc3n2CC2(CCN(CC(=O)N(C)C)CC2)C3)cn1.O=C(O)C(F)(F)F.O=C(O)C(F)(F)F. The number of pyridine rings is 1. The maximum atomic E-state index is 12.0. The van der Waals surface area contributed by atoms with Crippen LogP contribution in [0.4, 0.5) is 26.3 Å². The lowest BCUT2D eigenvalue weighted by atomic mass is 9.77. The van der Waals surface area contributed by atoms with E-state index < -0.39 is 24.3 Å². The molecule has 1 amide bonds. The number of ether oxygens (including phenoxy) is 1. The van der Waals surface area contributed by atoms with E-state index in [9.17, 15) is 31.1 Å². The molecule has 2 N–H and O–H groups in total. The summed E-state index contributed by atoms with van der Waals surface area (Å²) in [6.07, 6.45) is -3.12. The van der Waals surface area contributed by atoms with Gasteiger partial charge >= 0.3 is 24.3 Å². The number of likely N-dealkylation sites (N-methyl/N-ethyl adjacent to an activating group) is 1. The third-order valence-corrected chi connectivity index (χ3v) is 6.47. The number of carboxylic acid groups (broad SMARTS) is 2. The Kier molecular flexibility index (Phi) is 10.7. The number of methoxy groups -OCH3 is 1. The topological polar surface area (TPSA) is 138 Å². The Hall–Kier alpha value is -3.89. The van der Waals surface area contributed by atoms with Gasteiger partial charge in [0.2, 0.25) is 11.8 Å². The lowest BCUT2D eigenvalue weighted by molar-refractivity contribution is -0.193. The van der Waals surface area contributed by atoms with Gasteiger partial charge in [0.1, 0.15) is 5.82 Å². The molecule has 0 aliphatic carbocycles. The van der Waals surface area contributed by atoms with Crippen LogP contribution in [0.3, 0.4) is 0 Å². The van der Waals surface area contributed by atoms with Crippen molar-refractivity contribution in [3.8, 4) is 17.1 Å². The van der Waals surface area contributed by atoms with Crippen LogP contribution >= 0.6 is 0 Å². The Balaban J connectivity index is 0.000000349. The van der Waals surface area contributed by atoms with Gasteiger partial charge in [-0.25, -0.2) is 19.6 Å². The van der Waals surface area contributed by atoms with Crippen molar-refractivity contribution in [2.75, 3.05) is 40.8 Å². The van der Waals surface area contributed by atoms with Crippen LogP contribution in [-0.4, -0.2) is 106 Å². The molecule has 228 valence electrons. The van der Waals surface area contributed by atoms with E-state index in [1.165, 1.54) is 5.82 Å². The van der Waals surface area contributed by atoms with Crippen molar-refractivity contribution in [2.45, 2.75) is 38.2 Å². The molecule has 2 aromatic heterocycles. The molecule has 0 atom stereocenters. The Bertz CT molecular complexity index is 1180. The molecule has 1 saturated heterocycles. The molecule has 0 radical (unpaired) electrons. The first-order chi connectivity index (χ1) is 18.9. The summed E-state index contributed by atoms with van der Waals surface area (Å²) < 4.78 is 71.0. The van der Waals surface area contributed by atoms with Crippen molar-refractivity contribution in [2.24, 2.45) is 5.41 Å². The average molecular weight is 598 g/mol. The Labute approximate surface area is 230 Å². The van der Waals surface area contributed by atoms with Crippen molar-refractivity contribution in [1.29, 1.82) is 0 Å². The first-order valence-electron chi connectivity index (χ1n) is 12.0. The number of alkyl halides is 6. The molecule has 4 rings (SSSR count). The molecule has 2 aromatic rings. The number of nitrogens with zero attached hydrogens (tertiary/aromatic N) is 5. The number of hydrogen-bond acceptors (Lipinski definition) is 7. The number of hydrogen-bond donors (Lipinski definition) is 2. The molecule has 0 bridgehead atoms. The van der Waals surface area contributed by atoms with Gasteiger partial charge in [-0.1, -0.05) is 0 Å². The molecule has 41 heavy (non-hydrogen) atoms. The number of halogens is 6. The van der Waals surface area contributed by atoms with Gasteiger partial charge in [0.15, 0.2) is 0 Å². The predicted octanol–water partition coefficient (Wildman–Crippen LogP) is 2.95. The van der Waals surface area contributed by atoms with E-state index in [0.717, 1.165) is 50.2 Å². The van der Waals surface area contributed by atoms with Crippen molar-refractivity contribution < 1.29 is 55.7 Å². The molecule has 0 unspecified atom stereocenters. The van der Waals surface area contributed by atoms with Crippen molar-refractivity contribution in [3.63, 3.8) is 0 Å². The highest BCUT2D eigenvalue weighted by molar-refractivity contribution is 5.77. The van der Waals surface area contributed by atoms with Crippen molar-refractivity contribution in [3.05, 3.63) is 30.4 Å². The molecule has 1 spiro atoms. The molecular weight excluding hydrogens is 568 g/mol. The number of aliphatic carboxylic acids is 2. The molecule has 2 aliphatic heterocycles. The second-order valence-electron chi connectivity index (χ2n) is 9.58. The fourth-order valence-corrected chi connectivity index (χ4v) is 4.19. The average Bonchev–Trinajstić information content (AvgIpc) is 3.42. The third kappa shape index (κ3) is 9.33. The van der Waals surface area contributed by atoms with E-state index in [2.05, 4.69) is 19.4 Å². The number of piperidine rings is 1. The molecule has 0 aromatic carbocycles. The van der Waals surface area contributed by atoms with Crippen LogP contribution in [0, 0.1) is 5.41 Å². The van der Waals surface area contributed by atoms with E-state index >= 15 is 0 Å². The quantitative estimate of drug-likeness (QED) is 0.510. The molecular formula is C24H29F6N5O6. The van der Waals surface area contributed by atoms with Crippen LogP contribution in [-0.2, 0) is 27.3 Å². The van der Waals surface area contributed by atoms with Crippen molar-refractivity contribution in [1.82, 2.24) is 24.3 Å². The molecule has 11 nitrogen and oxygen atoms in total. The monoisotopic (exact) mass is 597 g/mol. The molecule has 2 aliphatic rings. The minimum absolute atomic E-state index is 0.180. The summed E-state index contributed by atoms with van der Waals surface area (Å²) in [6.45, 7) is 3.48. The summed E-state index contributed by atoms with van der Waals surface area (Å²) in [7, 11) is 5.26. The molecule has 4 heterocycles. The zero-order valence-electron chi connectivity index (χ0n) is 22.3. The number of carboxylic acids is 2. The van der Waals surface area contributed by atoms with Gasteiger partial charge in [0, 0.05) is 44.9 Å². The minimum atomic E-state index is -5.08. The van der Waals surface area contributed by atoms with Gasteiger partial charge in [0.05, 0.1) is 25.5 Å². The maximum Gasteiger partial charge on any atom is 0.490 e. The van der Waals surface area contributed by atoms with Gasteiger partial charge in [-0.05, 0) is 37.4 Å². The van der Waals surface area contributed by atoms with E-state index in [-0.39, 0.29) is 11.3 Å². The number of aromatic nitrogens is 3. The van der Waals surface area contributed by atoms with Crippen molar-refractivity contribution >= 4 is 17.8 Å². The summed E-state index contributed by atoms with van der Waals surface area (Å²) in [5.41, 5.74) is 2.47. The Morgan fingerprint density at radius 2 is 1.51 bits per heavy atom. The lowest BCUT2D eigenvalue weighted by Crippen LogP contribution is -2.45. The van der Waals surface area contributed by atoms with Crippen LogP contribution in [0.1, 0.15) is 18.7 Å². The van der Waals surface area contributed by atoms with Gasteiger partial charge in [-0.3, -0.25) is 9.69 Å². The summed E-state index contributed by atoms with van der Waals surface area (Å²) in [5.74, 6) is -3.55. The van der Waals surface area contributed by atoms with Crippen LogP contribution in [0.25, 0.3) is 11.3 Å². The van der Waals surface area contributed by atoms with Gasteiger partial charge in [-0.15, -0.1) is 0 Å². The lowest BCUT2D eigenvalue weighted by Gasteiger charge is -2.39. The summed E-state index contributed by atoms with van der Waals surface area (Å²) in [4.78, 5) is 42.7. The predicted molar refractivity (Wildman–Crippen MR) is 130 cm³/mol. The second-order valence-corrected chi connectivity index (χ2v) is 9.58. The first kappa shape index (κ1) is 33.3. The Morgan fingerprint density at radius 3 is 1.93 bits per heavy atom. The summed E-state index contributed by atoms with van der Waals surface area (Å²) in [5, 5.41) is 14.2. The minimum Gasteiger partial charge on any atom is -0.481 e. The molecule has 0 saturated carbocycles. The molecule has 17 heteroatoms. The van der Waals surface area contributed by atoms with E-state index in [0.29, 0.717) is 12.4 Å². The van der Waals surface area contributed by atoms with Crippen LogP contribution in [0.2, 0.25) is 0 Å². The third-order valence-electron chi connectivity index (χ3n) is 6.47. The highest BCUT2D eigenvalue weighted by Gasteiger charge is 2.42. The number of imidazole rings is 1. The number of carbonyl (C=O) groups is 3. The fraction of sp³-hybridized carbons (Fsp3) is 0.542. The fourth-order valence-electron chi connectivity index (χ4n) is 4.19. The largest absolute Gasteiger partial charge is 0.490 e. The van der Waals surface area contributed by atoms with Gasteiger partial charge in [0.25, 0.3) is 0 Å². The number of likely N-dealkylation sites (tertiary alicyclic amines) is 1. The summed E-state index contributed by atoms with van der Waals surface area (Å²) in [6, 6.07) is 3.93. The number of fused-ring (bicyclic) bond motifs is 1. The van der Waals surface area contributed by atoms with Gasteiger partial charge < -0.3 is 24.4 Å². The maximum absolute atomic E-state index is 12.0. The number of amides is 1. The number of rotatable bonds is 4. The highest BCUT2D eigenvalue weighted by atomic mass is 19.4. The van der Waals surface area contributed by atoms with E-state index in [1.807, 2.05) is 38.6 Å². The van der Waals surface area contributed by atoms with E-state index in [4.69, 9.17) is 24.5 Å². The van der Waals surface area contributed by atoms with Gasteiger partial charge in [-0.2, -0.15) is 26.3 Å². The number of carbonyl (C=O) groups excluding carboxylic acids is 1.